The van der Waals surface area contributed by atoms with Crippen molar-refractivity contribution in [2.75, 3.05) is 11.9 Å². The van der Waals surface area contributed by atoms with Crippen LogP contribution < -0.4 is 5.32 Å². The molecule has 1 nitrogen and oxygen atoms in total. The molecule has 0 aromatic heterocycles. The highest BCUT2D eigenvalue weighted by atomic mass is 19.1. The highest BCUT2D eigenvalue weighted by Crippen LogP contribution is 2.27. The molecule has 0 saturated heterocycles. The van der Waals surface area contributed by atoms with Gasteiger partial charge in [0.1, 0.15) is 11.5 Å². The van der Waals surface area contributed by atoms with Gasteiger partial charge in [0.05, 0.1) is 0 Å². The lowest BCUT2D eigenvalue weighted by atomic mass is 9.87. The van der Waals surface area contributed by atoms with Crippen molar-refractivity contribution in [3.05, 3.63) is 29.3 Å². The van der Waals surface area contributed by atoms with Gasteiger partial charge in [-0.3, -0.25) is 0 Å². The van der Waals surface area contributed by atoms with Gasteiger partial charge in [-0.2, -0.15) is 0 Å². The van der Waals surface area contributed by atoms with Crippen molar-refractivity contribution in [1.29, 1.82) is 0 Å². The monoisotopic (exact) mass is 253 g/mol. The number of anilines is 1. The minimum absolute atomic E-state index is 0.0332. The summed E-state index contributed by atoms with van der Waals surface area (Å²) in [5, 5.41) is 2.92. The zero-order valence-corrected chi connectivity index (χ0v) is 10.9. The first kappa shape index (κ1) is 13.3. The Labute approximate surface area is 108 Å². The molecule has 0 amide bonds. The van der Waals surface area contributed by atoms with Gasteiger partial charge in [0, 0.05) is 6.54 Å². The van der Waals surface area contributed by atoms with Crippen LogP contribution in [0.25, 0.3) is 0 Å². The molecule has 1 aromatic carbocycles. The summed E-state index contributed by atoms with van der Waals surface area (Å²) in [6.45, 7) is 2.31. The average molecular weight is 253 g/mol. The molecular weight excluding hydrogens is 232 g/mol. The average Bonchev–Trinajstić information content (AvgIpc) is 2.39. The Kier molecular flexibility index (Phi) is 4.56. The SMILES string of the molecule is Cc1ccc(F)c(NCCC2CCCCC2)c1F. The summed E-state index contributed by atoms with van der Waals surface area (Å²) >= 11 is 0. The van der Waals surface area contributed by atoms with Crippen LogP contribution in [0.2, 0.25) is 0 Å². The summed E-state index contributed by atoms with van der Waals surface area (Å²) < 4.78 is 27.2. The third-order valence-electron chi connectivity index (χ3n) is 3.86. The van der Waals surface area contributed by atoms with Crippen molar-refractivity contribution in [2.45, 2.75) is 45.4 Å². The van der Waals surface area contributed by atoms with E-state index in [9.17, 15) is 8.78 Å². The molecule has 1 N–H and O–H groups in total. The first-order valence-electron chi connectivity index (χ1n) is 6.87. The van der Waals surface area contributed by atoms with Crippen LogP contribution in [-0.4, -0.2) is 6.54 Å². The molecule has 0 bridgehead atoms. The van der Waals surface area contributed by atoms with Gasteiger partial charge in [-0.05, 0) is 30.9 Å². The van der Waals surface area contributed by atoms with Gasteiger partial charge in [-0.15, -0.1) is 0 Å². The van der Waals surface area contributed by atoms with Gasteiger partial charge in [0.15, 0.2) is 5.82 Å². The maximum atomic E-state index is 13.7. The molecule has 2 rings (SSSR count). The molecule has 3 heteroatoms. The van der Waals surface area contributed by atoms with Crippen LogP contribution in [0.4, 0.5) is 14.5 Å². The van der Waals surface area contributed by atoms with Gasteiger partial charge in [-0.25, -0.2) is 8.78 Å². The Morgan fingerprint density at radius 3 is 2.61 bits per heavy atom. The molecule has 0 aliphatic heterocycles. The topological polar surface area (TPSA) is 12.0 Å². The van der Waals surface area contributed by atoms with E-state index in [1.807, 2.05) is 0 Å². The smallest absolute Gasteiger partial charge is 0.152 e. The summed E-state index contributed by atoms with van der Waals surface area (Å²) in [6.07, 6.45) is 7.48. The van der Waals surface area contributed by atoms with Crippen LogP contribution in [0.3, 0.4) is 0 Å². The fraction of sp³-hybridized carbons (Fsp3) is 0.600. The van der Waals surface area contributed by atoms with Crippen LogP contribution in [0.15, 0.2) is 12.1 Å². The number of halogens is 2. The zero-order valence-electron chi connectivity index (χ0n) is 10.9. The van der Waals surface area contributed by atoms with E-state index in [1.165, 1.54) is 44.2 Å². The van der Waals surface area contributed by atoms with Gasteiger partial charge >= 0.3 is 0 Å². The first-order valence-corrected chi connectivity index (χ1v) is 6.87. The summed E-state index contributed by atoms with van der Waals surface area (Å²) in [7, 11) is 0. The van der Waals surface area contributed by atoms with Crippen LogP contribution in [-0.2, 0) is 0 Å². The van der Waals surface area contributed by atoms with Crippen molar-refractivity contribution < 1.29 is 8.78 Å². The van der Waals surface area contributed by atoms with Crippen LogP contribution >= 0.6 is 0 Å². The van der Waals surface area contributed by atoms with Gasteiger partial charge < -0.3 is 5.32 Å². The lowest BCUT2D eigenvalue weighted by Gasteiger charge is -2.21. The minimum Gasteiger partial charge on any atom is -0.380 e. The Bertz CT molecular complexity index is 398. The van der Waals surface area contributed by atoms with E-state index in [0.29, 0.717) is 12.1 Å². The second-order valence-electron chi connectivity index (χ2n) is 5.27. The van der Waals surface area contributed by atoms with E-state index in [2.05, 4.69) is 5.32 Å². The second-order valence-corrected chi connectivity index (χ2v) is 5.27. The van der Waals surface area contributed by atoms with E-state index in [-0.39, 0.29) is 5.69 Å². The lowest BCUT2D eigenvalue weighted by Crippen LogP contribution is -2.13. The Hall–Kier alpha value is -1.12. The van der Waals surface area contributed by atoms with Crippen molar-refractivity contribution in [2.24, 2.45) is 5.92 Å². The fourth-order valence-corrected chi connectivity index (χ4v) is 2.70. The van der Waals surface area contributed by atoms with E-state index in [1.54, 1.807) is 6.92 Å². The standard InChI is InChI=1S/C15H21F2N/c1-11-7-8-13(16)15(14(11)17)18-10-9-12-5-3-2-4-6-12/h7-8,12,18H,2-6,9-10H2,1H3. The molecule has 1 aliphatic carbocycles. The molecule has 1 aromatic rings. The van der Waals surface area contributed by atoms with Crippen molar-refractivity contribution in [3.63, 3.8) is 0 Å². The molecular formula is C15H21F2N. The Morgan fingerprint density at radius 2 is 1.89 bits per heavy atom. The van der Waals surface area contributed by atoms with Crippen molar-refractivity contribution >= 4 is 5.69 Å². The number of nitrogens with one attached hydrogen (secondary N) is 1. The third-order valence-corrected chi connectivity index (χ3v) is 3.86. The highest BCUT2D eigenvalue weighted by Gasteiger charge is 2.14. The van der Waals surface area contributed by atoms with Crippen LogP contribution in [0.1, 0.15) is 44.1 Å². The zero-order chi connectivity index (χ0) is 13.0. The quantitative estimate of drug-likeness (QED) is 0.823. The second kappa shape index (κ2) is 6.17. The van der Waals surface area contributed by atoms with E-state index in [0.717, 1.165) is 12.3 Å². The summed E-state index contributed by atoms with van der Waals surface area (Å²) in [5.41, 5.74) is 0.516. The molecule has 0 radical (unpaired) electrons. The summed E-state index contributed by atoms with van der Waals surface area (Å²) in [4.78, 5) is 0. The van der Waals surface area contributed by atoms with Crippen molar-refractivity contribution in [3.8, 4) is 0 Å². The maximum Gasteiger partial charge on any atom is 0.152 e. The highest BCUT2D eigenvalue weighted by molar-refractivity contribution is 5.48. The van der Waals surface area contributed by atoms with Gasteiger partial charge in [-0.1, -0.05) is 38.2 Å². The number of benzene rings is 1. The summed E-state index contributed by atoms with van der Waals surface area (Å²) in [6, 6.07) is 2.79. The third kappa shape index (κ3) is 3.21. The van der Waals surface area contributed by atoms with E-state index >= 15 is 0 Å². The maximum absolute atomic E-state index is 13.7. The number of aryl methyl sites for hydroxylation is 1. The van der Waals surface area contributed by atoms with E-state index in [4.69, 9.17) is 0 Å². The molecule has 1 saturated carbocycles. The predicted octanol–water partition coefficient (Wildman–Crippen LogP) is 4.66. The largest absolute Gasteiger partial charge is 0.380 e. The summed E-state index contributed by atoms with van der Waals surface area (Å²) in [5.74, 6) is -0.234. The van der Waals surface area contributed by atoms with Crippen LogP contribution in [0, 0.1) is 24.5 Å². The molecule has 0 heterocycles. The minimum atomic E-state index is -0.498. The first-order chi connectivity index (χ1) is 8.68. The number of hydrogen-bond acceptors (Lipinski definition) is 1. The number of rotatable bonds is 4. The van der Waals surface area contributed by atoms with E-state index < -0.39 is 11.6 Å². The molecule has 1 aliphatic rings. The predicted molar refractivity (Wildman–Crippen MR) is 70.8 cm³/mol. The fourth-order valence-electron chi connectivity index (χ4n) is 2.70. The number of hydrogen-bond donors (Lipinski definition) is 1. The van der Waals surface area contributed by atoms with Crippen molar-refractivity contribution in [1.82, 2.24) is 0 Å². The lowest BCUT2D eigenvalue weighted by molar-refractivity contribution is 0.345. The molecule has 0 unspecified atom stereocenters. The molecule has 100 valence electrons. The molecule has 1 fully saturated rings. The van der Waals surface area contributed by atoms with Crippen LogP contribution in [0.5, 0.6) is 0 Å². The molecule has 18 heavy (non-hydrogen) atoms. The molecule has 0 atom stereocenters. The van der Waals surface area contributed by atoms with Gasteiger partial charge in [0.25, 0.3) is 0 Å². The Morgan fingerprint density at radius 1 is 1.17 bits per heavy atom. The van der Waals surface area contributed by atoms with Gasteiger partial charge in [0.2, 0.25) is 0 Å². The molecule has 0 spiro atoms. The normalized spacial score (nSPS) is 16.8. The Balaban J connectivity index is 1.88.